The minimum Gasteiger partial charge on any atom is -0.381 e. The molecule has 0 aliphatic carbocycles. The van der Waals surface area contributed by atoms with Crippen molar-refractivity contribution in [3.05, 3.63) is 30.5 Å². The lowest BCUT2D eigenvalue weighted by atomic mass is 10.3. The molecule has 0 amide bonds. The summed E-state index contributed by atoms with van der Waals surface area (Å²) in [6, 6.07) is 4.95. The van der Waals surface area contributed by atoms with E-state index < -0.39 is 20.0 Å². The lowest BCUT2D eigenvalue weighted by Gasteiger charge is -2.07. The van der Waals surface area contributed by atoms with Gasteiger partial charge in [0.05, 0.1) is 4.90 Å². The van der Waals surface area contributed by atoms with Crippen molar-refractivity contribution >= 4 is 31.6 Å². The minimum absolute atomic E-state index is 0.119. The Hall–Kier alpha value is -2.11. The number of hydrogen-bond acceptors (Lipinski definition) is 6. The van der Waals surface area contributed by atoms with E-state index in [4.69, 9.17) is 10.9 Å². The number of hydrogen-bond donors (Lipinski definition) is 3. The molecule has 0 atom stereocenters. The van der Waals surface area contributed by atoms with Crippen LogP contribution in [0, 0.1) is 0 Å². The van der Waals surface area contributed by atoms with E-state index in [1.165, 1.54) is 42.2 Å². The zero-order valence-corrected chi connectivity index (χ0v) is 12.5. The van der Waals surface area contributed by atoms with Gasteiger partial charge in [0, 0.05) is 18.9 Å². The van der Waals surface area contributed by atoms with Crippen LogP contribution in [0.4, 0.5) is 11.5 Å². The van der Waals surface area contributed by atoms with E-state index in [0.29, 0.717) is 0 Å². The number of sulfonamides is 2. The molecule has 0 bridgehead atoms. The molecule has 2 aromatic rings. The van der Waals surface area contributed by atoms with Gasteiger partial charge >= 0.3 is 0 Å². The first-order valence-electron chi connectivity index (χ1n) is 5.54. The van der Waals surface area contributed by atoms with Crippen LogP contribution in [0.15, 0.2) is 40.3 Å². The van der Waals surface area contributed by atoms with Gasteiger partial charge in [0.1, 0.15) is 4.90 Å². The third-order valence-corrected chi connectivity index (χ3v) is 4.87. The monoisotopic (exact) mass is 331 g/mol. The number of aromatic nitrogens is 2. The summed E-state index contributed by atoms with van der Waals surface area (Å²) in [6.45, 7) is 0. The molecule has 0 fully saturated rings. The zero-order valence-electron chi connectivity index (χ0n) is 10.9. The lowest BCUT2D eigenvalue weighted by molar-refractivity contribution is 0.597. The molecular weight excluding hydrogens is 318 g/mol. The van der Waals surface area contributed by atoms with E-state index in [1.54, 1.807) is 0 Å². The van der Waals surface area contributed by atoms with Crippen molar-refractivity contribution in [2.75, 3.05) is 10.5 Å². The number of primary sulfonamides is 1. The van der Waals surface area contributed by atoms with Crippen LogP contribution in [0.1, 0.15) is 0 Å². The van der Waals surface area contributed by atoms with E-state index >= 15 is 0 Å². The topological polar surface area (TPSA) is 150 Å². The maximum atomic E-state index is 12.1. The summed E-state index contributed by atoms with van der Waals surface area (Å²) < 4.78 is 50.0. The molecule has 0 unspecified atom stereocenters. The van der Waals surface area contributed by atoms with Crippen LogP contribution < -0.4 is 15.6 Å². The number of nitrogen functional groups attached to an aromatic ring is 1. The molecule has 0 saturated carbocycles. The van der Waals surface area contributed by atoms with Gasteiger partial charge in [0.2, 0.25) is 10.0 Å². The smallest absolute Gasteiger partial charge is 0.267 e. The molecule has 1 heterocycles. The van der Waals surface area contributed by atoms with Crippen molar-refractivity contribution < 1.29 is 16.8 Å². The van der Waals surface area contributed by atoms with Crippen LogP contribution in [0.25, 0.3) is 0 Å². The van der Waals surface area contributed by atoms with E-state index in [0.717, 1.165) is 0 Å². The summed E-state index contributed by atoms with van der Waals surface area (Å²) in [5.74, 6) is -0.133. The largest absolute Gasteiger partial charge is 0.381 e. The first kappa shape index (κ1) is 15.3. The first-order valence-corrected chi connectivity index (χ1v) is 8.57. The average molecular weight is 331 g/mol. The van der Waals surface area contributed by atoms with Gasteiger partial charge in [-0.05, 0) is 24.3 Å². The lowest BCUT2D eigenvalue weighted by Crippen LogP contribution is -2.15. The molecule has 0 aliphatic heterocycles. The quantitative estimate of drug-likeness (QED) is 0.684. The molecule has 0 saturated heterocycles. The third kappa shape index (κ3) is 3.32. The number of nitrogens with two attached hydrogens (primary N) is 2. The molecule has 1 aromatic heterocycles. The third-order valence-electron chi connectivity index (χ3n) is 2.55. The highest BCUT2D eigenvalue weighted by Gasteiger charge is 2.21. The van der Waals surface area contributed by atoms with E-state index in [9.17, 15) is 16.8 Å². The maximum absolute atomic E-state index is 12.1. The second kappa shape index (κ2) is 5.02. The van der Waals surface area contributed by atoms with Gasteiger partial charge in [0.15, 0.2) is 5.82 Å². The van der Waals surface area contributed by atoms with Crippen LogP contribution in [0.3, 0.4) is 0 Å². The SMILES string of the molecule is Cn1cc(S(=O)(=O)Nc2ccc(S(N)(=O)=O)cc2)c(N)n1. The van der Waals surface area contributed by atoms with Gasteiger partial charge in [-0.2, -0.15) is 5.10 Å². The van der Waals surface area contributed by atoms with Gasteiger partial charge < -0.3 is 5.73 Å². The Bertz CT molecular complexity index is 869. The predicted octanol–water partition coefficient (Wildman–Crippen LogP) is -0.549. The number of nitrogens with one attached hydrogen (secondary N) is 1. The standard InChI is InChI=1S/C10H13N5O4S2/c1-15-6-9(10(11)13-15)21(18,19)14-7-2-4-8(5-3-7)20(12,16)17/h2-6,14H,1H3,(H2,11,13)(H2,12,16,17). The van der Waals surface area contributed by atoms with Crippen molar-refractivity contribution in [2.24, 2.45) is 12.2 Å². The van der Waals surface area contributed by atoms with Crippen LogP contribution >= 0.6 is 0 Å². The molecule has 0 aliphatic rings. The zero-order chi connectivity index (χ0) is 15.8. The normalized spacial score (nSPS) is 12.3. The Balaban J connectivity index is 2.31. The summed E-state index contributed by atoms with van der Waals surface area (Å²) in [5.41, 5.74) is 5.69. The maximum Gasteiger partial charge on any atom is 0.267 e. The summed E-state index contributed by atoms with van der Waals surface area (Å²) in [7, 11) is -6.20. The molecule has 0 radical (unpaired) electrons. The highest BCUT2D eigenvalue weighted by Crippen LogP contribution is 2.21. The summed E-state index contributed by atoms with van der Waals surface area (Å²) in [6.07, 6.45) is 1.26. The van der Waals surface area contributed by atoms with Crippen molar-refractivity contribution in [3.63, 3.8) is 0 Å². The summed E-state index contributed by atoms with van der Waals surface area (Å²) in [4.78, 5) is -0.285. The van der Waals surface area contributed by atoms with Gasteiger partial charge in [-0.1, -0.05) is 0 Å². The summed E-state index contributed by atoms with van der Waals surface area (Å²) in [5, 5.41) is 8.70. The van der Waals surface area contributed by atoms with E-state index in [2.05, 4.69) is 9.82 Å². The Morgan fingerprint density at radius 3 is 2.14 bits per heavy atom. The molecule has 114 valence electrons. The Morgan fingerprint density at radius 1 is 1.14 bits per heavy atom. The molecular formula is C10H13N5O4S2. The highest BCUT2D eigenvalue weighted by atomic mass is 32.2. The molecule has 0 spiro atoms. The Labute approximate surface area is 121 Å². The fourth-order valence-corrected chi connectivity index (χ4v) is 3.29. The average Bonchev–Trinajstić information content (AvgIpc) is 2.68. The van der Waals surface area contributed by atoms with Crippen LogP contribution in [-0.4, -0.2) is 26.6 Å². The van der Waals surface area contributed by atoms with Crippen molar-refractivity contribution in [1.82, 2.24) is 9.78 Å². The number of nitrogens with zero attached hydrogens (tertiary/aromatic N) is 2. The predicted molar refractivity (Wildman–Crippen MR) is 76.2 cm³/mol. The molecule has 5 N–H and O–H groups in total. The molecule has 9 nitrogen and oxygen atoms in total. The van der Waals surface area contributed by atoms with Gasteiger partial charge in [0.25, 0.3) is 10.0 Å². The molecule has 21 heavy (non-hydrogen) atoms. The van der Waals surface area contributed by atoms with Crippen molar-refractivity contribution in [1.29, 1.82) is 0 Å². The van der Waals surface area contributed by atoms with Gasteiger partial charge in [-0.3, -0.25) is 9.40 Å². The molecule has 1 aromatic carbocycles. The van der Waals surface area contributed by atoms with Crippen molar-refractivity contribution in [3.8, 4) is 0 Å². The van der Waals surface area contributed by atoms with Gasteiger partial charge in [-0.25, -0.2) is 22.0 Å². The Morgan fingerprint density at radius 2 is 1.71 bits per heavy atom. The highest BCUT2D eigenvalue weighted by molar-refractivity contribution is 7.93. The van der Waals surface area contributed by atoms with E-state index in [1.807, 2.05) is 0 Å². The Kier molecular flexibility index (Phi) is 3.65. The number of rotatable bonds is 4. The fraction of sp³-hybridized carbons (Fsp3) is 0.100. The summed E-state index contributed by atoms with van der Waals surface area (Å²) >= 11 is 0. The minimum atomic E-state index is -3.91. The number of anilines is 2. The van der Waals surface area contributed by atoms with Crippen LogP contribution in [0.2, 0.25) is 0 Å². The van der Waals surface area contributed by atoms with Crippen molar-refractivity contribution in [2.45, 2.75) is 9.79 Å². The van der Waals surface area contributed by atoms with E-state index in [-0.39, 0.29) is 21.3 Å². The van der Waals surface area contributed by atoms with Crippen LogP contribution in [-0.2, 0) is 27.1 Å². The number of aryl methyl sites for hydroxylation is 1. The second-order valence-electron chi connectivity index (χ2n) is 4.23. The second-order valence-corrected chi connectivity index (χ2v) is 7.44. The fourth-order valence-electron chi connectivity index (χ4n) is 1.61. The van der Waals surface area contributed by atoms with Crippen LogP contribution in [0.5, 0.6) is 0 Å². The number of benzene rings is 1. The van der Waals surface area contributed by atoms with Gasteiger partial charge in [-0.15, -0.1) is 0 Å². The molecule has 2 rings (SSSR count). The molecule has 11 heteroatoms. The first-order chi connectivity index (χ1) is 9.59.